The van der Waals surface area contributed by atoms with Crippen molar-refractivity contribution in [2.75, 3.05) is 19.7 Å². The number of aliphatic carboxylic acids is 1. The molecule has 7 heteroatoms. The first kappa shape index (κ1) is 24.8. The number of hydrogen-bond donors (Lipinski definition) is 2. The molecular weight excluding hydrogens is 444 g/mol. The summed E-state index contributed by atoms with van der Waals surface area (Å²) in [5.74, 6) is -0.597. The van der Waals surface area contributed by atoms with Crippen molar-refractivity contribution >= 4 is 18.0 Å². The van der Waals surface area contributed by atoms with Gasteiger partial charge in [0.05, 0.1) is 0 Å². The van der Waals surface area contributed by atoms with Crippen LogP contribution in [0, 0.1) is 5.92 Å². The van der Waals surface area contributed by atoms with Gasteiger partial charge in [-0.2, -0.15) is 0 Å². The third kappa shape index (κ3) is 6.02. The zero-order valence-electron chi connectivity index (χ0n) is 20.2. The van der Waals surface area contributed by atoms with Gasteiger partial charge in [-0.3, -0.25) is 9.59 Å². The van der Waals surface area contributed by atoms with Crippen LogP contribution in [-0.4, -0.2) is 53.7 Å². The number of rotatable bonds is 10. The first-order valence-corrected chi connectivity index (χ1v) is 12.5. The van der Waals surface area contributed by atoms with Crippen molar-refractivity contribution in [3.8, 4) is 11.1 Å². The lowest BCUT2D eigenvalue weighted by Gasteiger charge is -2.25. The number of ether oxygens (including phenoxy) is 1. The number of carboxylic acid groups (broad SMARTS) is 1. The summed E-state index contributed by atoms with van der Waals surface area (Å²) in [5.41, 5.74) is 4.74. The van der Waals surface area contributed by atoms with Crippen LogP contribution in [0.3, 0.4) is 0 Å². The molecule has 0 spiro atoms. The number of carbonyl (C=O) groups excluding carboxylic acids is 2. The molecular formula is C28H34N2O5. The molecule has 1 saturated heterocycles. The van der Waals surface area contributed by atoms with Gasteiger partial charge in [0.15, 0.2) is 0 Å². The first-order chi connectivity index (χ1) is 16.9. The molecule has 4 rings (SSSR count). The Morgan fingerprint density at radius 1 is 1.06 bits per heavy atom. The Morgan fingerprint density at radius 3 is 2.37 bits per heavy atom. The molecule has 2 unspecified atom stereocenters. The fourth-order valence-electron chi connectivity index (χ4n) is 5.28. The number of carboxylic acids is 1. The summed E-state index contributed by atoms with van der Waals surface area (Å²) in [4.78, 5) is 37.7. The van der Waals surface area contributed by atoms with Crippen LogP contribution in [0.25, 0.3) is 11.1 Å². The first-order valence-electron chi connectivity index (χ1n) is 12.5. The van der Waals surface area contributed by atoms with Crippen LogP contribution in [0.15, 0.2) is 48.5 Å². The molecule has 2 aromatic carbocycles. The van der Waals surface area contributed by atoms with E-state index in [4.69, 9.17) is 9.84 Å². The van der Waals surface area contributed by atoms with Gasteiger partial charge in [0.25, 0.3) is 0 Å². The lowest BCUT2D eigenvalue weighted by molar-refractivity contribution is -0.138. The second-order valence-electron chi connectivity index (χ2n) is 9.67. The fourth-order valence-corrected chi connectivity index (χ4v) is 5.28. The third-order valence-corrected chi connectivity index (χ3v) is 7.18. The maximum Gasteiger partial charge on any atom is 0.407 e. The molecule has 2 aromatic rings. The van der Waals surface area contributed by atoms with Gasteiger partial charge in [-0.15, -0.1) is 0 Å². The van der Waals surface area contributed by atoms with E-state index in [1.54, 1.807) is 0 Å². The van der Waals surface area contributed by atoms with E-state index >= 15 is 0 Å². The van der Waals surface area contributed by atoms with E-state index in [-0.39, 0.29) is 36.8 Å². The SMILES string of the molecule is CC(CCC(=O)N1CCCC1CCC(=O)O)CNC(=O)OCC1c2ccccc2-c2ccccc21. The molecule has 0 radical (unpaired) electrons. The highest BCUT2D eigenvalue weighted by molar-refractivity contribution is 5.79. The minimum atomic E-state index is -0.822. The smallest absolute Gasteiger partial charge is 0.407 e. The van der Waals surface area contributed by atoms with Crippen LogP contribution in [0.5, 0.6) is 0 Å². The van der Waals surface area contributed by atoms with Gasteiger partial charge in [0.2, 0.25) is 5.91 Å². The van der Waals surface area contributed by atoms with Crippen molar-refractivity contribution in [1.29, 1.82) is 0 Å². The summed E-state index contributed by atoms with van der Waals surface area (Å²) in [6.07, 6.45) is 3.02. The Morgan fingerprint density at radius 2 is 1.71 bits per heavy atom. The molecule has 186 valence electrons. The second kappa shape index (κ2) is 11.4. The normalized spacial score (nSPS) is 17.5. The van der Waals surface area contributed by atoms with Gasteiger partial charge >= 0.3 is 12.1 Å². The number of fused-ring (bicyclic) bond motifs is 3. The number of hydrogen-bond acceptors (Lipinski definition) is 4. The highest BCUT2D eigenvalue weighted by atomic mass is 16.5. The molecule has 2 N–H and O–H groups in total. The van der Waals surface area contributed by atoms with Crippen molar-refractivity contribution in [2.24, 2.45) is 5.92 Å². The lowest BCUT2D eigenvalue weighted by atomic mass is 9.98. The van der Waals surface area contributed by atoms with Gasteiger partial charge in [-0.1, -0.05) is 55.5 Å². The number of benzene rings is 2. The van der Waals surface area contributed by atoms with Crippen LogP contribution < -0.4 is 5.32 Å². The largest absolute Gasteiger partial charge is 0.481 e. The van der Waals surface area contributed by atoms with Gasteiger partial charge in [0.1, 0.15) is 6.61 Å². The predicted octanol–water partition coefficient (Wildman–Crippen LogP) is 4.80. The molecule has 7 nitrogen and oxygen atoms in total. The number of alkyl carbamates (subject to hydrolysis) is 1. The molecule has 1 aliphatic heterocycles. The predicted molar refractivity (Wildman–Crippen MR) is 133 cm³/mol. The Balaban J connectivity index is 1.20. The number of nitrogens with zero attached hydrogens (tertiary/aromatic N) is 1. The van der Waals surface area contributed by atoms with E-state index in [0.717, 1.165) is 12.8 Å². The average Bonchev–Trinajstić information content (AvgIpc) is 3.46. The van der Waals surface area contributed by atoms with E-state index < -0.39 is 12.1 Å². The van der Waals surface area contributed by atoms with Gasteiger partial charge < -0.3 is 20.1 Å². The van der Waals surface area contributed by atoms with E-state index in [2.05, 4.69) is 29.6 Å². The molecule has 0 bridgehead atoms. The second-order valence-corrected chi connectivity index (χ2v) is 9.67. The van der Waals surface area contributed by atoms with Crippen molar-refractivity contribution in [2.45, 2.75) is 57.4 Å². The highest BCUT2D eigenvalue weighted by Gasteiger charge is 2.30. The maximum absolute atomic E-state index is 12.7. The summed E-state index contributed by atoms with van der Waals surface area (Å²) in [7, 11) is 0. The number of likely N-dealkylation sites (tertiary alicyclic amines) is 1. The summed E-state index contributed by atoms with van der Waals surface area (Å²) < 4.78 is 5.58. The molecule has 1 heterocycles. The molecule has 2 aliphatic rings. The fraction of sp³-hybridized carbons (Fsp3) is 0.464. The Labute approximate surface area is 206 Å². The molecule has 35 heavy (non-hydrogen) atoms. The monoisotopic (exact) mass is 478 g/mol. The summed E-state index contributed by atoms with van der Waals surface area (Å²) in [6.45, 7) is 3.42. The third-order valence-electron chi connectivity index (χ3n) is 7.18. The van der Waals surface area contributed by atoms with Crippen LogP contribution in [0.1, 0.15) is 62.5 Å². The molecule has 1 aliphatic carbocycles. The summed E-state index contributed by atoms with van der Waals surface area (Å²) in [6, 6.07) is 16.5. The van der Waals surface area contributed by atoms with Crippen LogP contribution in [0.2, 0.25) is 0 Å². The van der Waals surface area contributed by atoms with Gasteiger partial charge in [-0.05, 0) is 53.9 Å². The van der Waals surface area contributed by atoms with E-state index in [9.17, 15) is 14.4 Å². The van der Waals surface area contributed by atoms with E-state index in [1.165, 1.54) is 22.3 Å². The van der Waals surface area contributed by atoms with E-state index in [0.29, 0.717) is 32.4 Å². The van der Waals surface area contributed by atoms with Crippen molar-refractivity contribution in [3.05, 3.63) is 59.7 Å². The van der Waals surface area contributed by atoms with Crippen LogP contribution >= 0.6 is 0 Å². The molecule has 2 amide bonds. The Kier molecular flexibility index (Phi) is 8.06. The number of nitrogens with one attached hydrogen (secondary N) is 1. The quantitative estimate of drug-likeness (QED) is 0.512. The molecule has 2 atom stereocenters. The maximum atomic E-state index is 12.7. The van der Waals surface area contributed by atoms with Gasteiger partial charge in [0, 0.05) is 37.9 Å². The summed E-state index contributed by atoms with van der Waals surface area (Å²) >= 11 is 0. The van der Waals surface area contributed by atoms with Crippen molar-refractivity contribution in [1.82, 2.24) is 10.2 Å². The molecule has 0 saturated carbocycles. The minimum Gasteiger partial charge on any atom is -0.481 e. The van der Waals surface area contributed by atoms with Crippen LogP contribution in [0.4, 0.5) is 4.79 Å². The zero-order valence-corrected chi connectivity index (χ0v) is 20.2. The summed E-state index contributed by atoms with van der Waals surface area (Å²) in [5, 5.41) is 11.8. The van der Waals surface area contributed by atoms with Gasteiger partial charge in [-0.25, -0.2) is 4.79 Å². The number of carbonyl (C=O) groups is 3. The Hall–Kier alpha value is -3.35. The van der Waals surface area contributed by atoms with E-state index in [1.807, 2.05) is 36.1 Å². The topological polar surface area (TPSA) is 95.9 Å². The molecule has 1 fully saturated rings. The average molecular weight is 479 g/mol. The van der Waals surface area contributed by atoms with Crippen molar-refractivity contribution < 1.29 is 24.2 Å². The lowest BCUT2D eigenvalue weighted by Crippen LogP contribution is -2.36. The van der Waals surface area contributed by atoms with Crippen LogP contribution in [-0.2, 0) is 14.3 Å². The molecule has 0 aromatic heterocycles. The highest BCUT2D eigenvalue weighted by Crippen LogP contribution is 2.44. The van der Waals surface area contributed by atoms with Crippen molar-refractivity contribution in [3.63, 3.8) is 0 Å². The Bertz CT molecular complexity index is 1020. The minimum absolute atomic E-state index is 0.0257. The zero-order chi connectivity index (χ0) is 24.8. The number of amides is 2. The standard InChI is InChI=1S/C28H34N2O5/c1-19(12-14-26(31)30-16-6-7-20(30)13-15-27(32)33)17-29-28(34)35-18-25-23-10-4-2-8-21(23)22-9-3-5-11-24(22)25/h2-5,8-11,19-20,25H,6-7,12-18H2,1H3,(H,29,34)(H,32,33).